The van der Waals surface area contributed by atoms with E-state index in [1.165, 1.54) is 18.5 Å². The quantitative estimate of drug-likeness (QED) is 0.712. The fourth-order valence-corrected chi connectivity index (χ4v) is 2.43. The van der Waals surface area contributed by atoms with Crippen molar-refractivity contribution in [2.45, 2.75) is 12.8 Å². The summed E-state index contributed by atoms with van der Waals surface area (Å²) in [4.78, 5) is 2.52. The normalized spacial score (nSPS) is 20.1. The number of hydrogen-bond acceptors (Lipinski definition) is 2. The molecular weight excluding hydrogens is 172 g/mol. The van der Waals surface area contributed by atoms with Crippen molar-refractivity contribution in [2.24, 2.45) is 0 Å². The van der Waals surface area contributed by atoms with Gasteiger partial charge in [0, 0.05) is 31.9 Å². The van der Waals surface area contributed by atoms with Crippen LogP contribution in [0.15, 0.2) is 18.2 Å². The highest BCUT2D eigenvalue weighted by molar-refractivity contribution is 5.60. The number of rotatable bonds is 1. The van der Waals surface area contributed by atoms with Crippen molar-refractivity contribution in [3.8, 4) is 0 Å². The molecule has 0 aromatic heterocycles. The van der Waals surface area contributed by atoms with Crippen LogP contribution in [-0.4, -0.2) is 26.2 Å². The van der Waals surface area contributed by atoms with Gasteiger partial charge in [0.15, 0.2) is 0 Å². The summed E-state index contributed by atoms with van der Waals surface area (Å²) in [5.41, 5.74) is 4.67. The zero-order valence-electron chi connectivity index (χ0n) is 8.42. The average molecular weight is 188 g/mol. The van der Waals surface area contributed by atoms with Crippen molar-refractivity contribution in [2.75, 3.05) is 31.1 Å². The number of nitrogens with one attached hydrogen (secondary N) is 1. The second-order valence-electron chi connectivity index (χ2n) is 4.15. The smallest absolute Gasteiger partial charge is 0.0402 e. The Bertz CT molecular complexity index is 340. The molecule has 1 aromatic rings. The van der Waals surface area contributed by atoms with E-state index in [9.17, 15) is 0 Å². The Hall–Kier alpha value is -1.02. The van der Waals surface area contributed by atoms with Crippen LogP contribution >= 0.6 is 0 Å². The van der Waals surface area contributed by atoms with Gasteiger partial charge in [-0.2, -0.15) is 0 Å². The van der Waals surface area contributed by atoms with Gasteiger partial charge in [-0.25, -0.2) is 0 Å². The highest BCUT2D eigenvalue weighted by Crippen LogP contribution is 2.32. The molecule has 1 saturated heterocycles. The molecular formula is C12H16N2. The Morgan fingerprint density at radius 2 is 1.93 bits per heavy atom. The predicted octanol–water partition coefficient (Wildman–Crippen LogP) is 1.19. The van der Waals surface area contributed by atoms with E-state index in [1.807, 2.05) is 0 Å². The van der Waals surface area contributed by atoms with Crippen LogP contribution in [-0.2, 0) is 12.8 Å². The summed E-state index contributed by atoms with van der Waals surface area (Å²) in [5.74, 6) is 0. The van der Waals surface area contributed by atoms with Crippen molar-refractivity contribution in [1.29, 1.82) is 0 Å². The predicted molar refractivity (Wildman–Crippen MR) is 58.9 cm³/mol. The average Bonchev–Trinajstić information content (AvgIpc) is 2.21. The van der Waals surface area contributed by atoms with Gasteiger partial charge >= 0.3 is 0 Å². The van der Waals surface area contributed by atoms with Crippen molar-refractivity contribution >= 4 is 5.69 Å². The van der Waals surface area contributed by atoms with Crippen LogP contribution in [0.5, 0.6) is 0 Å². The molecule has 74 valence electrons. The van der Waals surface area contributed by atoms with Crippen LogP contribution in [0, 0.1) is 0 Å². The largest absolute Gasteiger partial charge is 0.369 e. The zero-order valence-corrected chi connectivity index (χ0v) is 8.42. The van der Waals surface area contributed by atoms with E-state index in [-0.39, 0.29) is 0 Å². The lowest BCUT2D eigenvalue weighted by molar-refractivity contribution is 0.585. The van der Waals surface area contributed by atoms with Gasteiger partial charge < -0.3 is 10.2 Å². The van der Waals surface area contributed by atoms with Crippen molar-refractivity contribution < 1.29 is 0 Å². The summed E-state index contributed by atoms with van der Waals surface area (Å²) >= 11 is 0. The lowest BCUT2D eigenvalue weighted by atomic mass is 9.86. The van der Waals surface area contributed by atoms with Crippen LogP contribution in [0.25, 0.3) is 0 Å². The fraction of sp³-hybridized carbons (Fsp3) is 0.500. The standard InChI is InChI=1S/C12H16N2/c1-2-10-4-5-11(10)12(3-1)14-8-6-13-7-9-14/h1-3,13H,4-9H2. The molecule has 0 amide bonds. The van der Waals surface area contributed by atoms with E-state index in [4.69, 9.17) is 0 Å². The van der Waals surface area contributed by atoms with Gasteiger partial charge in [-0.3, -0.25) is 0 Å². The number of piperazine rings is 1. The van der Waals surface area contributed by atoms with Crippen molar-refractivity contribution in [3.63, 3.8) is 0 Å². The van der Waals surface area contributed by atoms with Gasteiger partial charge in [-0.1, -0.05) is 12.1 Å². The Labute approximate surface area is 84.9 Å². The van der Waals surface area contributed by atoms with Gasteiger partial charge in [0.2, 0.25) is 0 Å². The second kappa shape index (κ2) is 3.28. The van der Waals surface area contributed by atoms with Gasteiger partial charge in [0.1, 0.15) is 0 Å². The highest BCUT2D eigenvalue weighted by atomic mass is 15.2. The number of benzene rings is 1. The fourth-order valence-electron chi connectivity index (χ4n) is 2.43. The summed E-state index contributed by atoms with van der Waals surface area (Å²) in [6, 6.07) is 6.75. The first-order valence-corrected chi connectivity index (χ1v) is 5.51. The van der Waals surface area contributed by atoms with Gasteiger partial charge in [0.05, 0.1) is 0 Å². The topological polar surface area (TPSA) is 15.3 Å². The minimum atomic E-state index is 1.13. The first-order chi connectivity index (χ1) is 6.95. The molecule has 2 aliphatic rings. The molecule has 1 fully saturated rings. The molecule has 1 aliphatic carbocycles. The van der Waals surface area contributed by atoms with E-state index in [0.29, 0.717) is 0 Å². The van der Waals surface area contributed by atoms with Crippen molar-refractivity contribution in [1.82, 2.24) is 5.32 Å². The van der Waals surface area contributed by atoms with Gasteiger partial charge in [-0.15, -0.1) is 0 Å². The number of anilines is 1. The molecule has 1 aromatic carbocycles. The molecule has 2 heteroatoms. The summed E-state index contributed by atoms with van der Waals surface area (Å²) in [6.07, 6.45) is 2.57. The minimum Gasteiger partial charge on any atom is -0.369 e. The maximum Gasteiger partial charge on any atom is 0.0402 e. The van der Waals surface area contributed by atoms with Crippen LogP contribution in [0.2, 0.25) is 0 Å². The van der Waals surface area contributed by atoms with E-state index in [2.05, 4.69) is 28.4 Å². The van der Waals surface area contributed by atoms with Crippen LogP contribution in [0.4, 0.5) is 5.69 Å². The van der Waals surface area contributed by atoms with Gasteiger partial charge in [0.25, 0.3) is 0 Å². The van der Waals surface area contributed by atoms with Crippen molar-refractivity contribution in [3.05, 3.63) is 29.3 Å². The third-order valence-electron chi connectivity index (χ3n) is 3.35. The van der Waals surface area contributed by atoms with E-state index >= 15 is 0 Å². The molecule has 0 saturated carbocycles. The zero-order chi connectivity index (χ0) is 9.38. The maximum atomic E-state index is 3.39. The summed E-state index contributed by atoms with van der Waals surface area (Å²) in [7, 11) is 0. The van der Waals surface area contributed by atoms with Crippen LogP contribution < -0.4 is 10.2 Å². The lowest BCUT2D eigenvalue weighted by Gasteiger charge is -2.34. The van der Waals surface area contributed by atoms with E-state index in [0.717, 1.165) is 26.2 Å². The summed E-state index contributed by atoms with van der Waals surface area (Å²) < 4.78 is 0. The summed E-state index contributed by atoms with van der Waals surface area (Å²) in [5, 5.41) is 3.39. The Kier molecular flexibility index (Phi) is 1.95. The molecule has 1 heterocycles. The molecule has 0 bridgehead atoms. The summed E-state index contributed by atoms with van der Waals surface area (Å²) in [6.45, 7) is 4.58. The number of fused-ring (bicyclic) bond motifs is 1. The molecule has 1 aliphatic heterocycles. The number of nitrogens with zero attached hydrogens (tertiary/aromatic N) is 1. The SMILES string of the molecule is c1cc2c(c(N3CCNCC3)c1)CC2. The van der Waals surface area contributed by atoms with Crippen LogP contribution in [0.3, 0.4) is 0 Å². The third-order valence-corrected chi connectivity index (χ3v) is 3.35. The van der Waals surface area contributed by atoms with Gasteiger partial charge in [-0.05, 0) is 30.0 Å². The third kappa shape index (κ3) is 1.22. The lowest BCUT2D eigenvalue weighted by Crippen LogP contribution is -2.44. The molecule has 0 atom stereocenters. The molecule has 0 radical (unpaired) electrons. The van der Waals surface area contributed by atoms with E-state index < -0.39 is 0 Å². The maximum absolute atomic E-state index is 3.39. The number of hydrogen-bond donors (Lipinski definition) is 1. The first kappa shape index (κ1) is 8.30. The molecule has 3 rings (SSSR count). The second-order valence-corrected chi connectivity index (χ2v) is 4.15. The van der Waals surface area contributed by atoms with Crippen LogP contribution in [0.1, 0.15) is 11.1 Å². The Morgan fingerprint density at radius 1 is 1.07 bits per heavy atom. The first-order valence-electron chi connectivity index (χ1n) is 5.51. The minimum absolute atomic E-state index is 1.13. The number of aryl methyl sites for hydroxylation is 1. The molecule has 1 N–H and O–H groups in total. The monoisotopic (exact) mass is 188 g/mol. The molecule has 14 heavy (non-hydrogen) atoms. The molecule has 0 spiro atoms. The Balaban J connectivity index is 1.91. The molecule has 0 unspecified atom stereocenters. The Morgan fingerprint density at radius 3 is 2.64 bits per heavy atom. The highest BCUT2D eigenvalue weighted by Gasteiger charge is 2.20. The van der Waals surface area contributed by atoms with E-state index in [1.54, 1.807) is 11.1 Å². The molecule has 2 nitrogen and oxygen atoms in total.